The number of para-hydroxylation sites is 1. The largest absolute Gasteiger partial charge is 0.476 e. The first-order valence-corrected chi connectivity index (χ1v) is 6.77. The van der Waals surface area contributed by atoms with E-state index in [-0.39, 0.29) is 0 Å². The Morgan fingerprint density at radius 3 is 3.00 bits per heavy atom. The van der Waals surface area contributed by atoms with Crippen LogP contribution in [0.5, 0.6) is 5.88 Å². The number of fused-ring (bicyclic) bond motifs is 1. The molecule has 1 aliphatic heterocycles. The SMILES string of the molecule is NC[C@@H]1CN[C@@H](COc2ccc3ccccc3n2)C1. The van der Waals surface area contributed by atoms with E-state index in [2.05, 4.69) is 16.4 Å². The van der Waals surface area contributed by atoms with E-state index >= 15 is 0 Å². The highest BCUT2D eigenvalue weighted by atomic mass is 16.5. The summed E-state index contributed by atoms with van der Waals surface area (Å²) >= 11 is 0. The Morgan fingerprint density at radius 1 is 1.26 bits per heavy atom. The highest BCUT2D eigenvalue weighted by Crippen LogP contribution is 2.18. The molecule has 3 N–H and O–H groups in total. The molecule has 2 atom stereocenters. The first kappa shape index (κ1) is 12.4. The lowest BCUT2D eigenvalue weighted by Gasteiger charge is -2.12. The van der Waals surface area contributed by atoms with Gasteiger partial charge in [0.1, 0.15) is 6.61 Å². The number of hydrogen-bond acceptors (Lipinski definition) is 4. The fourth-order valence-corrected chi connectivity index (χ4v) is 2.52. The maximum atomic E-state index is 5.78. The lowest BCUT2D eigenvalue weighted by atomic mass is 10.1. The van der Waals surface area contributed by atoms with E-state index < -0.39 is 0 Å². The zero-order chi connectivity index (χ0) is 13.1. The molecule has 1 aliphatic rings. The highest BCUT2D eigenvalue weighted by Gasteiger charge is 2.23. The van der Waals surface area contributed by atoms with Crippen molar-refractivity contribution in [3.8, 4) is 5.88 Å². The summed E-state index contributed by atoms with van der Waals surface area (Å²) in [5.74, 6) is 1.27. The molecule has 0 saturated carbocycles. The van der Waals surface area contributed by atoms with Crippen molar-refractivity contribution in [3.05, 3.63) is 36.4 Å². The summed E-state index contributed by atoms with van der Waals surface area (Å²) in [6, 6.07) is 12.4. The van der Waals surface area contributed by atoms with Gasteiger partial charge in [-0.25, -0.2) is 4.98 Å². The second-order valence-electron chi connectivity index (χ2n) is 5.10. The summed E-state index contributed by atoms with van der Waals surface area (Å²) in [5, 5.41) is 4.57. The Morgan fingerprint density at radius 2 is 2.16 bits per heavy atom. The second-order valence-corrected chi connectivity index (χ2v) is 5.10. The van der Waals surface area contributed by atoms with Crippen LogP contribution in [-0.2, 0) is 0 Å². The van der Waals surface area contributed by atoms with Gasteiger partial charge in [0.2, 0.25) is 5.88 Å². The predicted molar refractivity (Wildman–Crippen MR) is 76.2 cm³/mol. The monoisotopic (exact) mass is 257 g/mol. The molecule has 0 radical (unpaired) electrons. The summed E-state index contributed by atoms with van der Waals surface area (Å²) in [5.41, 5.74) is 6.64. The van der Waals surface area contributed by atoms with Gasteiger partial charge >= 0.3 is 0 Å². The zero-order valence-corrected chi connectivity index (χ0v) is 10.9. The van der Waals surface area contributed by atoms with E-state index in [9.17, 15) is 0 Å². The summed E-state index contributed by atoms with van der Waals surface area (Å²) in [7, 11) is 0. The molecule has 0 spiro atoms. The van der Waals surface area contributed by atoms with E-state index in [1.807, 2.05) is 30.3 Å². The average molecular weight is 257 g/mol. The van der Waals surface area contributed by atoms with Gasteiger partial charge < -0.3 is 15.8 Å². The van der Waals surface area contributed by atoms with Gasteiger partial charge in [-0.15, -0.1) is 0 Å². The van der Waals surface area contributed by atoms with Gasteiger partial charge in [-0.2, -0.15) is 0 Å². The average Bonchev–Trinajstić information content (AvgIpc) is 2.93. The number of hydrogen-bond donors (Lipinski definition) is 2. The van der Waals surface area contributed by atoms with Gasteiger partial charge in [0.05, 0.1) is 5.52 Å². The molecule has 4 heteroatoms. The molecule has 0 amide bonds. The van der Waals surface area contributed by atoms with Crippen LogP contribution >= 0.6 is 0 Å². The third-order valence-electron chi connectivity index (χ3n) is 3.65. The number of rotatable bonds is 4. The van der Waals surface area contributed by atoms with Crippen LogP contribution in [0.15, 0.2) is 36.4 Å². The lowest BCUT2D eigenvalue weighted by molar-refractivity contribution is 0.266. The lowest BCUT2D eigenvalue weighted by Crippen LogP contribution is -2.28. The number of nitrogens with one attached hydrogen (secondary N) is 1. The quantitative estimate of drug-likeness (QED) is 0.872. The first-order valence-electron chi connectivity index (χ1n) is 6.77. The van der Waals surface area contributed by atoms with Crippen molar-refractivity contribution in [2.75, 3.05) is 19.7 Å². The van der Waals surface area contributed by atoms with E-state index in [4.69, 9.17) is 10.5 Å². The van der Waals surface area contributed by atoms with Crippen molar-refractivity contribution in [2.45, 2.75) is 12.5 Å². The van der Waals surface area contributed by atoms with Crippen LogP contribution in [0.3, 0.4) is 0 Å². The topological polar surface area (TPSA) is 60.2 Å². The minimum absolute atomic E-state index is 0.391. The normalized spacial score (nSPS) is 22.8. The van der Waals surface area contributed by atoms with Crippen molar-refractivity contribution in [1.82, 2.24) is 10.3 Å². The molecule has 0 unspecified atom stereocenters. The third-order valence-corrected chi connectivity index (χ3v) is 3.65. The van der Waals surface area contributed by atoms with E-state index in [0.29, 0.717) is 24.4 Å². The predicted octanol–water partition coefficient (Wildman–Crippen LogP) is 1.55. The minimum Gasteiger partial charge on any atom is -0.476 e. The van der Waals surface area contributed by atoms with Crippen LogP contribution in [0.2, 0.25) is 0 Å². The van der Waals surface area contributed by atoms with Crippen molar-refractivity contribution in [2.24, 2.45) is 11.7 Å². The Balaban J connectivity index is 1.62. The van der Waals surface area contributed by atoms with Gasteiger partial charge in [0, 0.05) is 17.5 Å². The molecule has 1 aromatic carbocycles. The summed E-state index contributed by atoms with van der Waals surface area (Å²) < 4.78 is 5.78. The number of pyridine rings is 1. The van der Waals surface area contributed by atoms with E-state index in [1.54, 1.807) is 0 Å². The molecule has 1 aromatic heterocycles. The van der Waals surface area contributed by atoms with Crippen LogP contribution < -0.4 is 15.8 Å². The van der Waals surface area contributed by atoms with Crippen molar-refractivity contribution >= 4 is 10.9 Å². The number of benzene rings is 1. The van der Waals surface area contributed by atoms with Gasteiger partial charge in [-0.05, 0) is 37.6 Å². The molecule has 19 heavy (non-hydrogen) atoms. The van der Waals surface area contributed by atoms with Crippen LogP contribution in [0.25, 0.3) is 10.9 Å². The molecular formula is C15H19N3O. The molecule has 0 aliphatic carbocycles. The fourth-order valence-electron chi connectivity index (χ4n) is 2.52. The van der Waals surface area contributed by atoms with E-state index in [0.717, 1.165) is 30.4 Å². The molecule has 4 nitrogen and oxygen atoms in total. The molecule has 2 aromatic rings. The first-order chi connectivity index (χ1) is 9.35. The van der Waals surface area contributed by atoms with Crippen molar-refractivity contribution in [1.29, 1.82) is 0 Å². The van der Waals surface area contributed by atoms with Gasteiger partial charge in [0.25, 0.3) is 0 Å². The number of nitrogens with two attached hydrogens (primary N) is 1. The maximum absolute atomic E-state index is 5.78. The van der Waals surface area contributed by atoms with Crippen LogP contribution in [0.4, 0.5) is 0 Å². The van der Waals surface area contributed by atoms with Crippen LogP contribution in [-0.4, -0.2) is 30.7 Å². The Hall–Kier alpha value is -1.65. The fraction of sp³-hybridized carbons (Fsp3) is 0.400. The van der Waals surface area contributed by atoms with Gasteiger partial charge in [-0.3, -0.25) is 0 Å². The van der Waals surface area contributed by atoms with Crippen molar-refractivity contribution in [3.63, 3.8) is 0 Å². The van der Waals surface area contributed by atoms with Gasteiger partial charge in [0.15, 0.2) is 0 Å². The third kappa shape index (κ3) is 2.85. The minimum atomic E-state index is 0.391. The van der Waals surface area contributed by atoms with Crippen LogP contribution in [0, 0.1) is 5.92 Å². The van der Waals surface area contributed by atoms with Crippen molar-refractivity contribution < 1.29 is 4.74 Å². The number of nitrogens with zero attached hydrogens (tertiary/aromatic N) is 1. The molecule has 1 fully saturated rings. The number of ether oxygens (including phenoxy) is 1. The summed E-state index contributed by atoms with van der Waals surface area (Å²) in [6.07, 6.45) is 1.09. The van der Waals surface area contributed by atoms with Crippen LogP contribution in [0.1, 0.15) is 6.42 Å². The Labute approximate surface area is 113 Å². The molecule has 1 saturated heterocycles. The maximum Gasteiger partial charge on any atom is 0.213 e. The molecule has 100 valence electrons. The number of aromatic nitrogens is 1. The zero-order valence-electron chi connectivity index (χ0n) is 10.9. The van der Waals surface area contributed by atoms with E-state index in [1.165, 1.54) is 0 Å². The molecular weight excluding hydrogens is 238 g/mol. The molecule has 0 bridgehead atoms. The summed E-state index contributed by atoms with van der Waals surface area (Å²) in [4.78, 5) is 4.50. The standard InChI is InChI=1S/C15H19N3O/c16-8-11-7-13(17-9-11)10-19-15-6-5-12-3-1-2-4-14(12)18-15/h1-6,11,13,17H,7-10,16H2/t11-,13-/m1/s1. The molecule has 3 rings (SSSR count). The second kappa shape index (κ2) is 5.55. The smallest absolute Gasteiger partial charge is 0.213 e. The Kier molecular flexibility index (Phi) is 3.62. The van der Waals surface area contributed by atoms with Gasteiger partial charge in [-0.1, -0.05) is 18.2 Å². The molecule has 2 heterocycles. The Bertz CT molecular complexity index is 558. The highest BCUT2D eigenvalue weighted by molar-refractivity contribution is 5.78. The summed E-state index contributed by atoms with van der Waals surface area (Å²) in [6.45, 7) is 2.40.